The van der Waals surface area contributed by atoms with Gasteiger partial charge in [0.25, 0.3) is 0 Å². The van der Waals surface area contributed by atoms with Crippen LogP contribution in [0.1, 0.15) is 5.56 Å². The first-order chi connectivity index (χ1) is 8.15. The van der Waals surface area contributed by atoms with Gasteiger partial charge in [-0.3, -0.25) is 0 Å². The van der Waals surface area contributed by atoms with Gasteiger partial charge in [-0.25, -0.2) is 4.39 Å². The smallest absolute Gasteiger partial charge is 0.141 e. The summed E-state index contributed by atoms with van der Waals surface area (Å²) >= 11 is 5.35. The summed E-state index contributed by atoms with van der Waals surface area (Å²) in [6.45, 7) is 0.442. The molecule has 17 heavy (non-hydrogen) atoms. The Morgan fingerprint density at radius 2 is 1.82 bits per heavy atom. The highest BCUT2D eigenvalue weighted by atomic mass is 127. The van der Waals surface area contributed by atoms with Crippen LogP contribution in [0, 0.1) is 9.39 Å². The lowest BCUT2D eigenvalue weighted by Crippen LogP contribution is -1.95. The van der Waals surface area contributed by atoms with Gasteiger partial charge in [0.05, 0.1) is 4.47 Å². The highest BCUT2D eigenvalue weighted by molar-refractivity contribution is 14.1. The van der Waals surface area contributed by atoms with Crippen LogP contribution >= 0.6 is 38.5 Å². The van der Waals surface area contributed by atoms with Crippen molar-refractivity contribution < 1.29 is 9.13 Å². The second-order valence-electron chi connectivity index (χ2n) is 3.49. The molecule has 88 valence electrons. The SMILES string of the molecule is Fc1cc(OCc2ccc(I)cc2)ccc1Br. The van der Waals surface area contributed by atoms with E-state index in [1.54, 1.807) is 12.1 Å². The minimum Gasteiger partial charge on any atom is -0.489 e. The van der Waals surface area contributed by atoms with Gasteiger partial charge in [0, 0.05) is 9.64 Å². The van der Waals surface area contributed by atoms with Gasteiger partial charge in [-0.2, -0.15) is 0 Å². The molecule has 0 saturated heterocycles. The van der Waals surface area contributed by atoms with Crippen LogP contribution in [0.25, 0.3) is 0 Å². The number of ether oxygens (including phenoxy) is 1. The van der Waals surface area contributed by atoms with Crippen LogP contribution in [0.15, 0.2) is 46.9 Å². The Labute approximate surface area is 121 Å². The Kier molecular flexibility index (Phi) is 4.39. The molecule has 0 saturated carbocycles. The first-order valence-electron chi connectivity index (χ1n) is 4.97. The predicted molar refractivity (Wildman–Crippen MR) is 77.6 cm³/mol. The van der Waals surface area contributed by atoms with Crippen molar-refractivity contribution in [1.82, 2.24) is 0 Å². The molecule has 0 atom stereocenters. The van der Waals surface area contributed by atoms with Crippen LogP contribution in [-0.4, -0.2) is 0 Å². The zero-order valence-corrected chi connectivity index (χ0v) is 12.5. The van der Waals surface area contributed by atoms with Crippen LogP contribution in [0.3, 0.4) is 0 Å². The van der Waals surface area contributed by atoms with Crippen molar-refractivity contribution in [3.8, 4) is 5.75 Å². The Bertz CT molecular complexity index is 513. The molecule has 0 radical (unpaired) electrons. The largest absolute Gasteiger partial charge is 0.489 e. The summed E-state index contributed by atoms with van der Waals surface area (Å²) in [5.74, 6) is 0.217. The van der Waals surface area contributed by atoms with Gasteiger partial charge < -0.3 is 4.74 Å². The van der Waals surface area contributed by atoms with Crippen molar-refractivity contribution in [1.29, 1.82) is 0 Å². The van der Waals surface area contributed by atoms with Crippen LogP contribution in [0.2, 0.25) is 0 Å². The van der Waals surface area contributed by atoms with Gasteiger partial charge in [-0.1, -0.05) is 12.1 Å². The van der Waals surface area contributed by atoms with Gasteiger partial charge in [0.1, 0.15) is 18.2 Å². The molecule has 0 N–H and O–H groups in total. The Morgan fingerprint density at radius 3 is 2.47 bits per heavy atom. The average molecular weight is 407 g/mol. The lowest BCUT2D eigenvalue weighted by atomic mass is 10.2. The Morgan fingerprint density at radius 1 is 1.12 bits per heavy atom. The maximum Gasteiger partial charge on any atom is 0.141 e. The molecular weight excluding hydrogens is 398 g/mol. The number of benzene rings is 2. The highest BCUT2D eigenvalue weighted by Gasteiger charge is 2.01. The molecule has 0 aliphatic carbocycles. The summed E-state index contributed by atoms with van der Waals surface area (Å²) in [4.78, 5) is 0. The average Bonchev–Trinajstić information content (AvgIpc) is 2.33. The third-order valence-corrected chi connectivity index (χ3v) is 3.57. The molecule has 4 heteroatoms. The molecular formula is C13H9BrFIO. The Hall–Kier alpha value is -0.620. The van der Waals surface area contributed by atoms with Crippen LogP contribution in [0.4, 0.5) is 4.39 Å². The van der Waals surface area contributed by atoms with Crippen molar-refractivity contribution >= 4 is 38.5 Å². The molecule has 2 aromatic carbocycles. The molecule has 0 aliphatic rings. The maximum absolute atomic E-state index is 13.2. The molecule has 0 heterocycles. The quantitative estimate of drug-likeness (QED) is 0.667. The molecule has 0 bridgehead atoms. The number of halogens is 3. The van der Waals surface area contributed by atoms with Gasteiger partial charge in [-0.15, -0.1) is 0 Å². The summed E-state index contributed by atoms with van der Waals surface area (Å²) < 4.78 is 20.4. The molecule has 0 unspecified atom stereocenters. The summed E-state index contributed by atoms with van der Waals surface area (Å²) in [6, 6.07) is 12.8. The van der Waals surface area contributed by atoms with Crippen LogP contribution in [0.5, 0.6) is 5.75 Å². The first kappa shape index (κ1) is 12.8. The Balaban J connectivity index is 2.02. The summed E-state index contributed by atoms with van der Waals surface area (Å²) in [7, 11) is 0. The van der Waals surface area contributed by atoms with E-state index in [4.69, 9.17) is 4.74 Å². The zero-order chi connectivity index (χ0) is 12.3. The minimum atomic E-state index is -0.315. The van der Waals surface area contributed by atoms with Gasteiger partial charge in [-0.05, 0) is 68.3 Å². The first-order valence-corrected chi connectivity index (χ1v) is 6.84. The highest BCUT2D eigenvalue weighted by Crippen LogP contribution is 2.21. The minimum absolute atomic E-state index is 0.315. The van der Waals surface area contributed by atoms with E-state index in [1.807, 2.05) is 24.3 Å². The van der Waals surface area contributed by atoms with Crippen molar-refractivity contribution in [2.24, 2.45) is 0 Å². The normalized spacial score (nSPS) is 10.3. The third kappa shape index (κ3) is 3.67. The molecule has 0 aromatic heterocycles. The monoisotopic (exact) mass is 406 g/mol. The fraction of sp³-hybridized carbons (Fsp3) is 0.0769. The van der Waals surface area contributed by atoms with Gasteiger partial charge >= 0.3 is 0 Å². The van der Waals surface area contributed by atoms with E-state index >= 15 is 0 Å². The summed E-state index contributed by atoms with van der Waals surface area (Å²) in [6.07, 6.45) is 0. The van der Waals surface area contributed by atoms with Crippen molar-refractivity contribution in [2.75, 3.05) is 0 Å². The lowest BCUT2D eigenvalue weighted by molar-refractivity contribution is 0.304. The van der Waals surface area contributed by atoms with Crippen LogP contribution in [-0.2, 0) is 6.61 Å². The second-order valence-corrected chi connectivity index (χ2v) is 5.59. The second kappa shape index (κ2) is 5.82. The number of hydrogen-bond donors (Lipinski definition) is 0. The van der Waals surface area contributed by atoms with Gasteiger partial charge in [0.15, 0.2) is 0 Å². The van der Waals surface area contributed by atoms with Crippen LogP contribution < -0.4 is 4.74 Å². The number of rotatable bonds is 3. The third-order valence-electron chi connectivity index (χ3n) is 2.21. The molecule has 0 amide bonds. The predicted octanol–water partition coefficient (Wildman–Crippen LogP) is 4.77. The zero-order valence-electron chi connectivity index (χ0n) is 8.79. The van der Waals surface area contributed by atoms with E-state index in [0.29, 0.717) is 16.8 Å². The molecule has 0 aliphatic heterocycles. The molecule has 0 fully saturated rings. The van der Waals surface area contributed by atoms with E-state index in [2.05, 4.69) is 38.5 Å². The molecule has 2 aromatic rings. The van der Waals surface area contributed by atoms with Crippen molar-refractivity contribution in [3.63, 3.8) is 0 Å². The molecule has 0 spiro atoms. The van der Waals surface area contributed by atoms with Gasteiger partial charge in [0.2, 0.25) is 0 Å². The topological polar surface area (TPSA) is 9.23 Å². The van der Waals surface area contributed by atoms with E-state index in [1.165, 1.54) is 9.64 Å². The van der Waals surface area contributed by atoms with E-state index in [-0.39, 0.29) is 5.82 Å². The van der Waals surface area contributed by atoms with E-state index in [0.717, 1.165) is 5.56 Å². The van der Waals surface area contributed by atoms with E-state index < -0.39 is 0 Å². The lowest BCUT2D eigenvalue weighted by Gasteiger charge is -2.07. The molecule has 2 rings (SSSR count). The summed E-state index contributed by atoms with van der Waals surface area (Å²) in [5, 5.41) is 0. The van der Waals surface area contributed by atoms with E-state index in [9.17, 15) is 4.39 Å². The fourth-order valence-electron chi connectivity index (χ4n) is 1.31. The maximum atomic E-state index is 13.2. The molecule has 1 nitrogen and oxygen atoms in total. The van der Waals surface area contributed by atoms with Crippen molar-refractivity contribution in [3.05, 3.63) is 61.9 Å². The van der Waals surface area contributed by atoms with Crippen molar-refractivity contribution in [2.45, 2.75) is 6.61 Å². The standard InChI is InChI=1S/C13H9BrFIO/c14-12-6-5-11(7-13(12)15)17-8-9-1-3-10(16)4-2-9/h1-7H,8H2. The fourth-order valence-corrected chi connectivity index (χ4v) is 1.92. The number of hydrogen-bond acceptors (Lipinski definition) is 1. The summed E-state index contributed by atoms with van der Waals surface area (Å²) in [5.41, 5.74) is 1.06.